The van der Waals surface area contributed by atoms with Crippen LogP contribution in [-0.4, -0.2) is 24.7 Å². The van der Waals surface area contributed by atoms with Crippen molar-refractivity contribution in [3.8, 4) is 0 Å². The first-order valence-electron chi connectivity index (χ1n) is 4.66. The Labute approximate surface area is 68.7 Å². The third-order valence-corrected chi connectivity index (χ3v) is 2.70. The summed E-state index contributed by atoms with van der Waals surface area (Å²) in [7, 11) is 0. The summed E-state index contributed by atoms with van der Waals surface area (Å²) in [4.78, 5) is 0. The van der Waals surface area contributed by atoms with E-state index in [4.69, 9.17) is 0 Å². The Balaban J connectivity index is 1.92. The van der Waals surface area contributed by atoms with Crippen LogP contribution in [0, 0.1) is 5.92 Å². The van der Waals surface area contributed by atoms with Crippen LogP contribution in [0.5, 0.6) is 0 Å². The van der Waals surface area contributed by atoms with Crippen molar-refractivity contribution < 1.29 is 0 Å². The first kappa shape index (κ1) is 7.56. The van der Waals surface area contributed by atoms with Crippen LogP contribution in [0.15, 0.2) is 0 Å². The van der Waals surface area contributed by atoms with Crippen molar-refractivity contribution in [2.24, 2.45) is 5.92 Å². The Morgan fingerprint density at radius 3 is 2.55 bits per heavy atom. The Bertz CT molecular complexity index is 150. The lowest BCUT2D eigenvalue weighted by molar-refractivity contribution is 0.245. The van der Waals surface area contributed by atoms with Crippen LogP contribution in [0.2, 0.25) is 0 Å². The molecule has 0 aromatic heterocycles. The predicted molar refractivity (Wildman–Crippen MR) is 46.6 cm³/mol. The lowest BCUT2D eigenvalue weighted by Crippen LogP contribution is -2.61. The minimum Gasteiger partial charge on any atom is -0.313 e. The molecule has 1 saturated heterocycles. The average molecular weight is 154 g/mol. The topological polar surface area (TPSA) is 24.1 Å². The second-order valence-corrected chi connectivity index (χ2v) is 4.60. The highest BCUT2D eigenvalue weighted by Gasteiger charge is 2.36. The van der Waals surface area contributed by atoms with Gasteiger partial charge in [0.15, 0.2) is 0 Å². The van der Waals surface area contributed by atoms with E-state index in [9.17, 15) is 0 Å². The van der Waals surface area contributed by atoms with Gasteiger partial charge in [0.1, 0.15) is 0 Å². The van der Waals surface area contributed by atoms with Gasteiger partial charge in [0, 0.05) is 24.7 Å². The average Bonchev–Trinajstić information content (AvgIpc) is 2.65. The molecular formula is C9H18N2. The Morgan fingerprint density at radius 1 is 1.27 bits per heavy atom. The van der Waals surface area contributed by atoms with E-state index in [1.54, 1.807) is 0 Å². The van der Waals surface area contributed by atoms with Gasteiger partial charge in [-0.25, -0.2) is 0 Å². The summed E-state index contributed by atoms with van der Waals surface area (Å²) in [5.74, 6) is 0.974. The quantitative estimate of drug-likeness (QED) is 0.582. The fourth-order valence-corrected chi connectivity index (χ4v) is 1.93. The van der Waals surface area contributed by atoms with Crippen LogP contribution in [0.4, 0.5) is 0 Å². The smallest absolute Gasteiger partial charge is 0.0252 e. The number of hydrogen-bond donors (Lipinski definition) is 2. The van der Waals surface area contributed by atoms with Gasteiger partial charge in [0.25, 0.3) is 0 Å². The maximum atomic E-state index is 3.69. The molecule has 1 aliphatic heterocycles. The molecule has 11 heavy (non-hydrogen) atoms. The van der Waals surface area contributed by atoms with E-state index in [2.05, 4.69) is 24.5 Å². The van der Waals surface area contributed by atoms with Gasteiger partial charge in [0.2, 0.25) is 0 Å². The minimum absolute atomic E-state index is 0.311. The summed E-state index contributed by atoms with van der Waals surface area (Å²) in [5.41, 5.74) is 0.311. The van der Waals surface area contributed by atoms with Gasteiger partial charge >= 0.3 is 0 Å². The van der Waals surface area contributed by atoms with E-state index in [0.29, 0.717) is 5.54 Å². The zero-order valence-electron chi connectivity index (χ0n) is 7.48. The van der Waals surface area contributed by atoms with Crippen LogP contribution in [0.25, 0.3) is 0 Å². The third-order valence-electron chi connectivity index (χ3n) is 2.70. The molecule has 2 nitrogen and oxygen atoms in total. The number of rotatable bonds is 1. The normalized spacial score (nSPS) is 37.1. The number of nitrogens with one attached hydrogen (secondary N) is 2. The number of piperazine rings is 1. The fraction of sp³-hybridized carbons (Fsp3) is 1.00. The zero-order valence-corrected chi connectivity index (χ0v) is 7.48. The van der Waals surface area contributed by atoms with Crippen molar-refractivity contribution in [3.05, 3.63) is 0 Å². The summed E-state index contributed by atoms with van der Waals surface area (Å²) < 4.78 is 0. The molecule has 2 rings (SSSR count). The van der Waals surface area contributed by atoms with Crippen molar-refractivity contribution in [2.75, 3.05) is 13.1 Å². The van der Waals surface area contributed by atoms with Gasteiger partial charge in [0.05, 0.1) is 0 Å². The molecule has 0 aromatic rings. The van der Waals surface area contributed by atoms with Crippen LogP contribution < -0.4 is 10.6 Å². The molecule has 64 valence electrons. The van der Waals surface area contributed by atoms with Gasteiger partial charge in [-0.1, -0.05) is 0 Å². The second-order valence-electron chi connectivity index (χ2n) is 4.60. The SMILES string of the molecule is CC1(C)CNCC(C2CC2)N1. The first-order chi connectivity index (χ1) is 5.17. The molecule has 0 bridgehead atoms. The van der Waals surface area contributed by atoms with E-state index in [1.807, 2.05) is 0 Å². The van der Waals surface area contributed by atoms with Crippen molar-refractivity contribution in [1.29, 1.82) is 0 Å². The van der Waals surface area contributed by atoms with E-state index < -0.39 is 0 Å². The highest BCUT2D eigenvalue weighted by atomic mass is 15.1. The van der Waals surface area contributed by atoms with Crippen molar-refractivity contribution in [2.45, 2.75) is 38.3 Å². The summed E-state index contributed by atoms with van der Waals surface area (Å²) in [6.45, 7) is 6.83. The highest BCUT2D eigenvalue weighted by molar-refractivity contribution is 4.97. The second kappa shape index (κ2) is 2.46. The predicted octanol–water partition coefficient (Wildman–Crippen LogP) is 0.736. The first-order valence-corrected chi connectivity index (χ1v) is 4.66. The van der Waals surface area contributed by atoms with Crippen molar-refractivity contribution in [3.63, 3.8) is 0 Å². The standard InChI is InChI=1S/C9H18N2/c1-9(2)6-10-5-8(11-9)7-3-4-7/h7-8,10-11H,3-6H2,1-2H3. The van der Waals surface area contributed by atoms with Gasteiger partial charge in [-0.3, -0.25) is 0 Å². The lowest BCUT2D eigenvalue weighted by Gasteiger charge is -2.38. The molecule has 2 aliphatic rings. The Hall–Kier alpha value is -0.0800. The molecule has 0 radical (unpaired) electrons. The van der Waals surface area contributed by atoms with Crippen molar-refractivity contribution >= 4 is 0 Å². The molecule has 1 heterocycles. The molecule has 1 aliphatic carbocycles. The molecule has 1 unspecified atom stereocenters. The Morgan fingerprint density at radius 2 is 2.00 bits per heavy atom. The molecule has 2 heteroatoms. The monoisotopic (exact) mass is 154 g/mol. The Kier molecular flexibility index (Phi) is 1.69. The maximum Gasteiger partial charge on any atom is 0.0252 e. The zero-order chi connectivity index (χ0) is 7.90. The molecule has 0 amide bonds. The van der Waals surface area contributed by atoms with Gasteiger partial charge < -0.3 is 10.6 Å². The summed E-state index contributed by atoms with van der Waals surface area (Å²) in [6, 6.07) is 0.749. The molecule has 1 atom stereocenters. The molecule has 2 N–H and O–H groups in total. The molecule has 0 spiro atoms. The lowest BCUT2D eigenvalue weighted by atomic mass is 9.98. The fourth-order valence-electron chi connectivity index (χ4n) is 1.93. The van der Waals surface area contributed by atoms with Crippen molar-refractivity contribution in [1.82, 2.24) is 10.6 Å². The summed E-state index contributed by atoms with van der Waals surface area (Å²) in [6.07, 6.45) is 2.88. The van der Waals surface area contributed by atoms with E-state index >= 15 is 0 Å². The van der Waals surface area contributed by atoms with Crippen LogP contribution >= 0.6 is 0 Å². The van der Waals surface area contributed by atoms with Gasteiger partial charge in [-0.2, -0.15) is 0 Å². The molecule has 2 fully saturated rings. The maximum absolute atomic E-state index is 3.69. The van der Waals surface area contributed by atoms with E-state index in [1.165, 1.54) is 19.4 Å². The largest absolute Gasteiger partial charge is 0.313 e. The summed E-state index contributed by atoms with van der Waals surface area (Å²) in [5, 5.41) is 7.18. The molecule has 1 saturated carbocycles. The van der Waals surface area contributed by atoms with Gasteiger partial charge in [-0.15, -0.1) is 0 Å². The van der Waals surface area contributed by atoms with Crippen LogP contribution in [0.3, 0.4) is 0 Å². The minimum atomic E-state index is 0.311. The molecule has 0 aromatic carbocycles. The highest BCUT2D eigenvalue weighted by Crippen LogP contribution is 2.33. The van der Waals surface area contributed by atoms with E-state index in [0.717, 1.165) is 18.5 Å². The van der Waals surface area contributed by atoms with E-state index in [-0.39, 0.29) is 0 Å². The third kappa shape index (κ3) is 1.74. The van der Waals surface area contributed by atoms with Gasteiger partial charge in [-0.05, 0) is 32.6 Å². The summed E-state index contributed by atoms with van der Waals surface area (Å²) >= 11 is 0. The van der Waals surface area contributed by atoms with Crippen LogP contribution in [0.1, 0.15) is 26.7 Å². The van der Waals surface area contributed by atoms with Crippen LogP contribution in [-0.2, 0) is 0 Å². The number of hydrogen-bond acceptors (Lipinski definition) is 2. The molecular weight excluding hydrogens is 136 g/mol.